The highest BCUT2D eigenvalue weighted by Crippen LogP contribution is 2.35. The molecule has 0 saturated heterocycles. The third kappa shape index (κ3) is 2.11. The van der Waals surface area contributed by atoms with Crippen LogP contribution in [0.25, 0.3) is 0 Å². The molecule has 0 aromatic heterocycles. The van der Waals surface area contributed by atoms with E-state index >= 15 is 0 Å². The van der Waals surface area contributed by atoms with Gasteiger partial charge in [-0.1, -0.05) is 23.2 Å². The number of rotatable bonds is 1. The summed E-state index contributed by atoms with van der Waals surface area (Å²) in [7, 11) is 0. The van der Waals surface area contributed by atoms with Crippen LogP contribution in [0.2, 0.25) is 10.0 Å². The first kappa shape index (κ1) is 11.6. The average Bonchev–Trinajstić information content (AvgIpc) is 2.74. The summed E-state index contributed by atoms with van der Waals surface area (Å²) in [6.07, 6.45) is 0. The molecule has 1 aromatic rings. The van der Waals surface area contributed by atoms with Crippen molar-refractivity contribution < 1.29 is 0 Å². The van der Waals surface area contributed by atoms with Crippen LogP contribution in [0.15, 0.2) is 11.1 Å². The molecule has 0 spiro atoms. The van der Waals surface area contributed by atoms with Crippen molar-refractivity contribution in [3.63, 3.8) is 0 Å². The van der Waals surface area contributed by atoms with E-state index in [1.54, 1.807) is 0 Å². The minimum Gasteiger partial charge on any atom is -0.354 e. The Morgan fingerprint density at radius 2 is 2.12 bits per heavy atom. The number of halogens is 2. The Morgan fingerprint density at radius 3 is 2.75 bits per heavy atom. The van der Waals surface area contributed by atoms with Crippen molar-refractivity contribution in [3.8, 4) is 0 Å². The van der Waals surface area contributed by atoms with Crippen LogP contribution >= 0.6 is 23.2 Å². The van der Waals surface area contributed by atoms with Gasteiger partial charge in [0.1, 0.15) is 0 Å². The van der Waals surface area contributed by atoms with Crippen molar-refractivity contribution in [2.75, 3.05) is 18.4 Å². The van der Waals surface area contributed by atoms with Crippen LogP contribution in [0.3, 0.4) is 0 Å². The van der Waals surface area contributed by atoms with E-state index in [0.717, 1.165) is 35.9 Å². The smallest absolute Gasteiger partial charge is 0.195 e. The molecule has 0 amide bonds. The third-order valence-corrected chi connectivity index (χ3v) is 3.44. The van der Waals surface area contributed by atoms with Crippen molar-refractivity contribution in [3.05, 3.63) is 27.2 Å². The van der Waals surface area contributed by atoms with E-state index in [1.165, 1.54) is 0 Å². The average molecular weight is 258 g/mol. The summed E-state index contributed by atoms with van der Waals surface area (Å²) < 4.78 is 0. The van der Waals surface area contributed by atoms with E-state index < -0.39 is 0 Å². The number of nitrogens with zero attached hydrogens (tertiary/aromatic N) is 1. The Bertz CT molecular complexity index is 429. The summed E-state index contributed by atoms with van der Waals surface area (Å²) >= 11 is 12.2. The van der Waals surface area contributed by atoms with Gasteiger partial charge >= 0.3 is 0 Å². The maximum atomic E-state index is 6.17. The van der Waals surface area contributed by atoms with Gasteiger partial charge in [0.2, 0.25) is 0 Å². The summed E-state index contributed by atoms with van der Waals surface area (Å²) in [5.74, 6) is 0.756. The van der Waals surface area contributed by atoms with E-state index in [-0.39, 0.29) is 0 Å². The number of anilines is 1. The molecule has 2 N–H and O–H groups in total. The monoisotopic (exact) mass is 257 g/mol. The minimum absolute atomic E-state index is 0.543. The second-order valence-electron chi connectivity index (χ2n) is 3.77. The van der Waals surface area contributed by atoms with E-state index in [1.807, 2.05) is 19.9 Å². The molecule has 1 aromatic carbocycles. The Morgan fingerprint density at radius 1 is 1.38 bits per heavy atom. The van der Waals surface area contributed by atoms with Crippen molar-refractivity contribution >= 4 is 34.8 Å². The lowest BCUT2D eigenvalue weighted by molar-refractivity contribution is 0.959. The van der Waals surface area contributed by atoms with Crippen LogP contribution in [0.5, 0.6) is 0 Å². The van der Waals surface area contributed by atoms with Crippen LogP contribution in [-0.4, -0.2) is 19.0 Å². The molecule has 0 fully saturated rings. The molecule has 1 aliphatic rings. The minimum atomic E-state index is 0.543. The summed E-state index contributed by atoms with van der Waals surface area (Å²) in [6, 6.07) is 1.87. The zero-order chi connectivity index (χ0) is 11.7. The van der Waals surface area contributed by atoms with Crippen molar-refractivity contribution in [2.24, 2.45) is 4.99 Å². The lowest BCUT2D eigenvalue weighted by Gasteiger charge is -2.14. The highest BCUT2D eigenvalue weighted by Gasteiger charge is 2.14. The number of nitrogens with one attached hydrogen (secondary N) is 2. The first-order valence-corrected chi connectivity index (χ1v) is 5.85. The molecule has 0 radical (unpaired) electrons. The van der Waals surface area contributed by atoms with Gasteiger partial charge in [0.05, 0.1) is 22.3 Å². The second-order valence-corrected chi connectivity index (χ2v) is 4.56. The molecule has 0 bridgehead atoms. The van der Waals surface area contributed by atoms with E-state index in [4.69, 9.17) is 23.2 Å². The Kier molecular flexibility index (Phi) is 3.26. The van der Waals surface area contributed by atoms with Crippen molar-refractivity contribution in [1.82, 2.24) is 5.32 Å². The molecule has 0 saturated carbocycles. The van der Waals surface area contributed by atoms with Gasteiger partial charge in [-0.15, -0.1) is 0 Å². The van der Waals surface area contributed by atoms with Gasteiger partial charge in [0, 0.05) is 6.54 Å². The van der Waals surface area contributed by atoms with Crippen molar-refractivity contribution in [2.45, 2.75) is 13.8 Å². The van der Waals surface area contributed by atoms with Gasteiger partial charge in [0.15, 0.2) is 5.96 Å². The quantitative estimate of drug-likeness (QED) is 0.812. The van der Waals surface area contributed by atoms with Crippen LogP contribution in [0.4, 0.5) is 5.69 Å². The molecule has 1 aliphatic heterocycles. The maximum absolute atomic E-state index is 6.17. The molecule has 86 valence electrons. The Balaban J connectivity index is 2.38. The van der Waals surface area contributed by atoms with E-state index in [0.29, 0.717) is 10.0 Å². The lowest BCUT2D eigenvalue weighted by Crippen LogP contribution is -2.26. The van der Waals surface area contributed by atoms with Gasteiger partial charge in [-0.2, -0.15) is 0 Å². The normalized spacial score (nSPS) is 14.6. The molecular weight excluding hydrogens is 245 g/mol. The van der Waals surface area contributed by atoms with Crippen LogP contribution < -0.4 is 10.6 Å². The number of aliphatic imine (C=N–C) groups is 1. The highest BCUT2D eigenvalue weighted by molar-refractivity contribution is 6.44. The van der Waals surface area contributed by atoms with Crippen LogP contribution in [0.1, 0.15) is 11.1 Å². The zero-order valence-electron chi connectivity index (χ0n) is 9.19. The standard InChI is InChI=1S/C11H13Cl2N3/c1-6-5-8(12)9(13)10(7(6)2)16-11-14-3-4-15-11/h5H,3-4H2,1-2H3,(H2,14,15,16). The molecule has 0 unspecified atom stereocenters. The van der Waals surface area contributed by atoms with Crippen LogP contribution in [-0.2, 0) is 0 Å². The van der Waals surface area contributed by atoms with Gasteiger partial charge in [-0.05, 0) is 31.0 Å². The SMILES string of the molecule is Cc1cc(Cl)c(Cl)c(NC2=NCCN2)c1C. The molecule has 3 nitrogen and oxygen atoms in total. The first-order chi connectivity index (χ1) is 7.59. The number of aryl methyl sites for hydroxylation is 1. The summed E-state index contributed by atoms with van der Waals surface area (Å²) in [5, 5.41) is 7.42. The number of hydrogen-bond donors (Lipinski definition) is 2. The fourth-order valence-corrected chi connectivity index (χ4v) is 2.09. The second kappa shape index (κ2) is 4.52. The Labute approximate surface area is 105 Å². The summed E-state index contributed by atoms with van der Waals surface area (Å²) in [4.78, 5) is 4.27. The fourth-order valence-electron chi connectivity index (χ4n) is 1.59. The molecule has 0 atom stereocenters. The summed E-state index contributed by atoms with van der Waals surface area (Å²) in [5.41, 5.74) is 3.03. The van der Waals surface area contributed by atoms with Gasteiger partial charge in [-0.3, -0.25) is 4.99 Å². The molecule has 0 aliphatic carbocycles. The molecule has 2 rings (SSSR count). The predicted octanol–water partition coefficient (Wildman–Crippen LogP) is 2.98. The van der Waals surface area contributed by atoms with Gasteiger partial charge in [0.25, 0.3) is 0 Å². The number of guanidine groups is 1. The maximum Gasteiger partial charge on any atom is 0.195 e. The lowest BCUT2D eigenvalue weighted by atomic mass is 10.1. The zero-order valence-corrected chi connectivity index (χ0v) is 10.7. The third-order valence-electron chi connectivity index (χ3n) is 2.66. The van der Waals surface area contributed by atoms with Crippen LogP contribution in [0, 0.1) is 13.8 Å². The van der Waals surface area contributed by atoms with E-state index in [9.17, 15) is 0 Å². The topological polar surface area (TPSA) is 36.4 Å². The van der Waals surface area contributed by atoms with Gasteiger partial charge in [-0.25, -0.2) is 0 Å². The fraction of sp³-hybridized carbons (Fsp3) is 0.364. The predicted molar refractivity (Wildman–Crippen MR) is 69.9 cm³/mol. The first-order valence-electron chi connectivity index (χ1n) is 5.10. The molecule has 16 heavy (non-hydrogen) atoms. The number of hydrogen-bond acceptors (Lipinski definition) is 3. The van der Waals surface area contributed by atoms with Crippen molar-refractivity contribution in [1.29, 1.82) is 0 Å². The highest BCUT2D eigenvalue weighted by atomic mass is 35.5. The van der Waals surface area contributed by atoms with E-state index in [2.05, 4.69) is 15.6 Å². The summed E-state index contributed by atoms with van der Waals surface area (Å²) in [6.45, 7) is 5.67. The largest absolute Gasteiger partial charge is 0.354 e. The van der Waals surface area contributed by atoms with Gasteiger partial charge < -0.3 is 10.6 Å². The Hall–Kier alpha value is -0.930. The molecular formula is C11H13Cl2N3. The molecule has 5 heteroatoms. The number of benzene rings is 1. The molecule has 1 heterocycles.